The van der Waals surface area contributed by atoms with Crippen molar-refractivity contribution >= 4 is 11.9 Å². The van der Waals surface area contributed by atoms with Crippen LogP contribution in [0.5, 0.6) is 0 Å². The van der Waals surface area contributed by atoms with Gasteiger partial charge in [0.2, 0.25) is 0 Å². The predicted molar refractivity (Wildman–Crippen MR) is 386 cm³/mol. The highest BCUT2D eigenvalue weighted by molar-refractivity contribution is 7.96. The SMILES string of the molecule is CCCN(CCC1CCCC1)C1(N(CCCC2CC2)SCc2cccc(C(F)(F)F)c2)C(N(C)C)C(N(CC)CC)(N(C(C)C)C(C)C)C(N(C2CCCCC2)C2CCCCC2)(N(C2CC2)C2CC2)C1(N(CC1CCCCC1)CC1CCCCC1)N(C)C1CCCCC1. The van der Waals surface area contributed by atoms with E-state index in [4.69, 9.17) is 0 Å². The molecule has 10 fully saturated rings. The molecule has 0 aliphatic heterocycles. The van der Waals surface area contributed by atoms with Crippen molar-refractivity contribution in [1.82, 2.24) is 43.5 Å². The highest BCUT2D eigenvalue weighted by Crippen LogP contribution is 2.73. The van der Waals surface area contributed by atoms with E-state index in [9.17, 15) is 0 Å². The van der Waals surface area contributed by atoms with Crippen molar-refractivity contribution in [2.24, 2.45) is 23.7 Å². The molecule has 0 saturated heterocycles. The number of likely N-dealkylation sites (N-methyl/N-ethyl adjacent to an activating group) is 3. The number of hydrogen-bond donors (Lipinski definition) is 0. The molecule has 532 valence electrons. The first-order valence-corrected chi connectivity index (χ1v) is 41.6. The Morgan fingerprint density at radius 2 is 0.925 bits per heavy atom. The van der Waals surface area contributed by atoms with Gasteiger partial charge in [0.05, 0.1) is 11.6 Å². The lowest BCUT2D eigenvalue weighted by Gasteiger charge is -2.76. The van der Waals surface area contributed by atoms with Gasteiger partial charge in [-0.3, -0.25) is 34.3 Å². The van der Waals surface area contributed by atoms with Crippen LogP contribution in [0.25, 0.3) is 0 Å². The van der Waals surface area contributed by atoms with Gasteiger partial charge in [0.1, 0.15) is 22.7 Å². The van der Waals surface area contributed by atoms with E-state index in [-0.39, 0.29) is 18.1 Å². The normalized spacial score (nSPS) is 30.2. The van der Waals surface area contributed by atoms with Crippen molar-refractivity contribution in [2.75, 3.05) is 67.0 Å². The van der Waals surface area contributed by atoms with Crippen molar-refractivity contribution in [2.45, 2.75) is 382 Å². The lowest BCUT2D eigenvalue weighted by molar-refractivity contribution is -0.333. The van der Waals surface area contributed by atoms with Gasteiger partial charge in [-0.2, -0.15) is 13.2 Å². The maximum absolute atomic E-state index is 15.4. The topological polar surface area (TPSA) is 29.2 Å². The molecular weight excluding hydrogens is 1180 g/mol. The second-order valence-electron chi connectivity index (χ2n) is 33.7. The Hall–Kier alpha value is -1.00. The van der Waals surface area contributed by atoms with Crippen LogP contribution in [-0.4, -0.2) is 181 Å². The molecule has 0 spiro atoms. The standard InChI is InChI=1S/C80H140F3N9S/c1-11-55-87(57-54-64-33-29-30-34-64)76(89(56-32-40-65-48-49-65)93-61-68-39-31-41-69(58-68)78(81,82)83)75(84(8)9)77(86(12-2)13-3,90(62(4)5)63(6)7)80(92(73-50-51-73)74-52-53-74,91(71-44-25-17-26-45-71)72-46-27-18-28-47-72)79(76,85(10)70-42-23-16-24-43-70)88(59-66-35-19-14-20-36-66)60-67-37-21-15-22-38-67/h31,39,41,58,62-67,70-75H,11-30,32-38,40,42-57,59-61H2,1-10H3. The Morgan fingerprint density at radius 3 is 1.37 bits per heavy atom. The number of benzene rings is 1. The van der Waals surface area contributed by atoms with Gasteiger partial charge in [-0.25, -0.2) is 4.31 Å². The van der Waals surface area contributed by atoms with Crippen LogP contribution in [0.2, 0.25) is 0 Å². The van der Waals surface area contributed by atoms with E-state index in [1.54, 1.807) is 12.1 Å². The third-order valence-corrected chi connectivity index (χ3v) is 27.8. The quantitative estimate of drug-likeness (QED) is 0.0491. The monoisotopic (exact) mass is 1320 g/mol. The smallest absolute Gasteiger partial charge is 0.300 e. The fourth-order valence-corrected chi connectivity index (χ4v) is 24.2. The fourth-order valence-electron chi connectivity index (χ4n) is 22.9. The number of hydrogen-bond acceptors (Lipinski definition) is 10. The lowest BCUT2D eigenvalue weighted by Crippen LogP contribution is -2.96. The predicted octanol–water partition coefficient (Wildman–Crippen LogP) is 19.1. The van der Waals surface area contributed by atoms with Gasteiger partial charge in [0.15, 0.2) is 0 Å². The number of nitrogens with zero attached hydrogens (tertiary/aromatic N) is 9. The van der Waals surface area contributed by atoms with Crippen molar-refractivity contribution in [3.63, 3.8) is 0 Å². The van der Waals surface area contributed by atoms with E-state index in [1.807, 2.05) is 11.9 Å². The molecule has 13 heteroatoms. The van der Waals surface area contributed by atoms with Gasteiger partial charge >= 0.3 is 6.18 Å². The minimum atomic E-state index is -4.42. The Morgan fingerprint density at radius 1 is 0.473 bits per heavy atom. The second kappa shape index (κ2) is 32.8. The molecule has 0 radical (unpaired) electrons. The average molecular weight is 1320 g/mol. The molecule has 93 heavy (non-hydrogen) atoms. The molecule has 5 atom stereocenters. The van der Waals surface area contributed by atoms with Crippen LogP contribution in [0, 0.1) is 23.7 Å². The average Bonchev–Trinajstić information content (AvgIpc) is 1.50. The molecule has 1 aromatic carbocycles. The van der Waals surface area contributed by atoms with Crippen LogP contribution < -0.4 is 0 Å². The molecule has 11 rings (SSSR count). The molecule has 10 aliphatic rings. The number of halogens is 3. The Kier molecular flexibility index (Phi) is 25.8. The number of alkyl halides is 3. The minimum Gasteiger partial charge on any atom is -0.300 e. The van der Waals surface area contributed by atoms with E-state index in [1.165, 1.54) is 244 Å². The molecule has 0 bridgehead atoms. The van der Waals surface area contributed by atoms with Gasteiger partial charge in [0.25, 0.3) is 0 Å². The highest BCUT2D eigenvalue weighted by atomic mass is 32.2. The molecular formula is C80H140F3N9S. The summed E-state index contributed by atoms with van der Waals surface area (Å²) < 4.78 is 49.3. The van der Waals surface area contributed by atoms with E-state index in [0.29, 0.717) is 53.7 Å². The third kappa shape index (κ3) is 14.8. The van der Waals surface area contributed by atoms with E-state index < -0.39 is 34.4 Å². The molecule has 1 aromatic rings. The zero-order valence-corrected chi connectivity index (χ0v) is 62.4. The van der Waals surface area contributed by atoms with Gasteiger partial charge < -0.3 is 4.90 Å². The van der Waals surface area contributed by atoms with Crippen LogP contribution in [0.1, 0.15) is 310 Å². The third-order valence-electron chi connectivity index (χ3n) is 26.6. The highest BCUT2D eigenvalue weighted by Gasteiger charge is 2.94. The van der Waals surface area contributed by atoms with Crippen molar-refractivity contribution in [3.05, 3.63) is 35.4 Å². The van der Waals surface area contributed by atoms with Crippen LogP contribution in [0.3, 0.4) is 0 Å². The van der Waals surface area contributed by atoms with Crippen molar-refractivity contribution in [1.29, 1.82) is 0 Å². The Bertz CT molecular complexity index is 2320. The fraction of sp³-hybridized carbons (Fsp3) is 0.925. The maximum Gasteiger partial charge on any atom is 0.416 e. The molecule has 10 aliphatic carbocycles. The first kappa shape index (κ1) is 73.2. The van der Waals surface area contributed by atoms with E-state index in [2.05, 4.69) is 119 Å². The van der Waals surface area contributed by atoms with Gasteiger partial charge in [-0.1, -0.05) is 186 Å². The van der Waals surface area contributed by atoms with Crippen molar-refractivity contribution in [3.8, 4) is 0 Å². The summed E-state index contributed by atoms with van der Waals surface area (Å²) in [6.45, 7) is 25.5. The summed E-state index contributed by atoms with van der Waals surface area (Å²) in [7, 11) is 8.11. The summed E-state index contributed by atoms with van der Waals surface area (Å²) in [4.78, 5) is 27.3. The molecule has 10 saturated carbocycles. The van der Waals surface area contributed by atoms with Gasteiger partial charge in [0, 0.05) is 74.2 Å². The summed E-state index contributed by atoms with van der Waals surface area (Å²) in [6.07, 6.45) is 45.8. The second-order valence-corrected chi connectivity index (χ2v) is 34.7. The van der Waals surface area contributed by atoms with Crippen LogP contribution >= 0.6 is 11.9 Å². The largest absolute Gasteiger partial charge is 0.416 e. The maximum atomic E-state index is 15.4. The van der Waals surface area contributed by atoms with Crippen LogP contribution in [0.15, 0.2) is 24.3 Å². The summed E-state index contributed by atoms with van der Waals surface area (Å²) in [5, 5.41) is 0. The first-order valence-electron chi connectivity index (χ1n) is 40.6. The van der Waals surface area contributed by atoms with Crippen LogP contribution in [0.4, 0.5) is 13.2 Å². The van der Waals surface area contributed by atoms with Crippen LogP contribution in [-0.2, 0) is 11.9 Å². The van der Waals surface area contributed by atoms with E-state index in [0.717, 1.165) is 70.1 Å². The molecule has 0 aromatic heterocycles. The molecule has 0 amide bonds. The molecule has 0 N–H and O–H groups in total. The summed E-state index contributed by atoms with van der Waals surface area (Å²) in [5.41, 5.74) is -2.43. The first-order chi connectivity index (χ1) is 45.0. The minimum absolute atomic E-state index is 0.0966. The Labute approximate surface area is 573 Å². The zero-order valence-electron chi connectivity index (χ0n) is 61.5. The van der Waals surface area contributed by atoms with Gasteiger partial charge in [-0.05, 0) is 219 Å². The summed E-state index contributed by atoms with van der Waals surface area (Å²) in [6, 6.07) is 9.13. The molecule has 0 heterocycles. The van der Waals surface area contributed by atoms with Crippen molar-refractivity contribution < 1.29 is 13.2 Å². The summed E-state index contributed by atoms with van der Waals surface area (Å²) >= 11 is 2.04. The lowest BCUT2D eigenvalue weighted by atomic mass is 9.71. The molecule has 5 unspecified atom stereocenters. The van der Waals surface area contributed by atoms with E-state index >= 15 is 13.2 Å². The Balaban J connectivity index is 1.43. The number of rotatable bonds is 34. The molecule has 9 nitrogen and oxygen atoms in total. The zero-order chi connectivity index (χ0) is 65.5. The summed E-state index contributed by atoms with van der Waals surface area (Å²) in [5.74, 6) is 3.16. The van der Waals surface area contributed by atoms with Gasteiger partial charge in [-0.15, -0.1) is 0 Å².